The van der Waals surface area contributed by atoms with Gasteiger partial charge in [0.2, 0.25) is 5.88 Å². The van der Waals surface area contributed by atoms with E-state index in [1.165, 1.54) is 0 Å². The Hall–Kier alpha value is -3.47. The summed E-state index contributed by atoms with van der Waals surface area (Å²) in [6.07, 6.45) is 15.1. The first-order chi connectivity index (χ1) is 12.7. The minimum Gasteiger partial charge on any atom is -0.478 e. The third kappa shape index (κ3) is 3.19. The Morgan fingerprint density at radius 1 is 1.08 bits per heavy atom. The van der Waals surface area contributed by atoms with Crippen LogP contribution in [0, 0.1) is 0 Å². The molecule has 130 valence electrons. The van der Waals surface area contributed by atoms with Crippen molar-refractivity contribution in [2.24, 2.45) is 0 Å². The summed E-state index contributed by atoms with van der Waals surface area (Å²) in [5, 5.41) is 9.00. The molecule has 0 amide bonds. The van der Waals surface area contributed by atoms with Crippen molar-refractivity contribution in [3.63, 3.8) is 0 Å². The van der Waals surface area contributed by atoms with Gasteiger partial charge in [0.05, 0.1) is 5.56 Å². The van der Waals surface area contributed by atoms with E-state index in [-0.39, 0.29) is 5.56 Å². The molecule has 1 aliphatic carbocycles. The Morgan fingerprint density at radius 2 is 1.92 bits per heavy atom. The Kier molecular flexibility index (Phi) is 4.19. The number of carbonyl (C=O) groups is 1. The largest absolute Gasteiger partial charge is 0.478 e. The van der Waals surface area contributed by atoms with Crippen molar-refractivity contribution in [2.75, 3.05) is 0 Å². The zero-order valence-corrected chi connectivity index (χ0v) is 14.0. The summed E-state index contributed by atoms with van der Waals surface area (Å²) >= 11 is 0. The molecule has 0 saturated carbocycles. The van der Waals surface area contributed by atoms with Gasteiger partial charge in [0.25, 0.3) is 0 Å². The first-order valence-corrected chi connectivity index (χ1v) is 8.32. The lowest BCUT2D eigenvalue weighted by Crippen LogP contribution is -2.06. The van der Waals surface area contributed by atoms with Crippen molar-refractivity contribution in [3.05, 3.63) is 90.4 Å². The molecule has 0 radical (unpaired) electrons. The van der Waals surface area contributed by atoms with Crippen LogP contribution in [0.3, 0.4) is 0 Å². The standard InChI is InChI=1S/C21H17NO4/c23-21(24)17-8-6-15(7-9-17)18-10-11-22(12-18)20-14-25-13-19(26-20)16-4-2-1-3-5-16/h1-2,4,6-14H,3,5H2,(H,23,24). The molecule has 1 aromatic heterocycles. The zero-order chi connectivity index (χ0) is 17.9. The maximum absolute atomic E-state index is 11.0. The first-order valence-electron chi connectivity index (χ1n) is 8.32. The third-order valence-electron chi connectivity index (χ3n) is 4.30. The molecule has 26 heavy (non-hydrogen) atoms. The van der Waals surface area contributed by atoms with Gasteiger partial charge < -0.3 is 14.6 Å². The van der Waals surface area contributed by atoms with E-state index in [0.717, 1.165) is 29.5 Å². The van der Waals surface area contributed by atoms with Crippen LogP contribution >= 0.6 is 0 Å². The maximum atomic E-state index is 11.0. The number of benzene rings is 1. The molecule has 2 heterocycles. The predicted molar refractivity (Wildman–Crippen MR) is 97.8 cm³/mol. The number of carboxylic acids is 1. The van der Waals surface area contributed by atoms with E-state index in [9.17, 15) is 4.79 Å². The van der Waals surface area contributed by atoms with E-state index in [4.69, 9.17) is 14.6 Å². The van der Waals surface area contributed by atoms with Gasteiger partial charge in [-0.2, -0.15) is 0 Å². The topological polar surface area (TPSA) is 60.7 Å². The van der Waals surface area contributed by atoms with E-state index in [0.29, 0.717) is 11.6 Å². The molecular weight excluding hydrogens is 330 g/mol. The summed E-state index contributed by atoms with van der Waals surface area (Å²) < 4.78 is 13.3. The molecule has 0 bridgehead atoms. The molecule has 0 spiro atoms. The van der Waals surface area contributed by atoms with Gasteiger partial charge in [-0.25, -0.2) is 4.79 Å². The third-order valence-corrected chi connectivity index (χ3v) is 4.30. The molecular formula is C21H17NO4. The van der Waals surface area contributed by atoms with E-state index < -0.39 is 5.97 Å². The zero-order valence-electron chi connectivity index (χ0n) is 14.0. The average Bonchev–Trinajstić information content (AvgIpc) is 3.19. The summed E-state index contributed by atoms with van der Waals surface area (Å²) in [4.78, 5) is 11.0. The van der Waals surface area contributed by atoms with Crippen molar-refractivity contribution in [1.82, 2.24) is 4.57 Å². The summed E-state index contributed by atoms with van der Waals surface area (Å²) in [6.45, 7) is 0. The highest BCUT2D eigenvalue weighted by atomic mass is 16.6. The van der Waals surface area contributed by atoms with Crippen LogP contribution in [0.25, 0.3) is 17.0 Å². The normalized spacial score (nSPS) is 16.1. The van der Waals surface area contributed by atoms with Crippen molar-refractivity contribution >= 4 is 11.9 Å². The molecule has 1 N–H and O–H groups in total. The molecule has 0 unspecified atom stereocenters. The molecule has 0 saturated heterocycles. The fourth-order valence-corrected chi connectivity index (χ4v) is 2.89. The molecule has 0 fully saturated rings. The predicted octanol–water partition coefficient (Wildman–Crippen LogP) is 4.77. The van der Waals surface area contributed by atoms with Crippen molar-refractivity contribution < 1.29 is 19.4 Å². The molecule has 1 aliphatic heterocycles. The Labute approximate surface area is 150 Å². The first kappa shape index (κ1) is 16.0. The molecule has 5 heteroatoms. The maximum Gasteiger partial charge on any atom is 0.335 e. The fourth-order valence-electron chi connectivity index (χ4n) is 2.89. The van der Waals surface area contributed by atoms with Gasteiger partial charge in [-0.05, 0) is 47.7 Å². The second-order valence-electron chi connectivity index (χ2n) is 6.03. The molecule has 5 nitrogen and oxygen atoms in total. The number of allylic oxidation sites excluding steroid dienone is 4. The number of hydrogen-bond donors (Lipinski definition) is 1. The lowest BCUT2D eigenvalue weighted by atomic mass is 10.0. The van der Waals surface area contributed by atoms with Gasteiger partial charge in [0.15, 0.2) is 12.0 Å². The van der Waals surface area contributed by atoms with Gasteiger partial charge in [-0.1, -0.05) is 30.4 Å². The molecule has 4 rings (SSSR count). The molecule has 1 aromatic carbocycles. The Morgan fingerprint density at radius 3 is 2.65 bits per heavy atom. The summed E-state index contributed by atoms with van der Waals surface area (Å²) in [5.74, 6) is 0.359. The number of aromatic nitrogens is 1. The van der Waals surface area contributed by atoms with Crippen LogP contribution < -0.4 is 0 Å². The van der Waals surface area contributed by atoms with Crippen LogP contribution in [0.2, 0.25) is 0 Å². The van der Waals surface area contributed by atoms with Gasteiger partial charge in [-0.3, -0.25) is 4.57 Å². The van der Waals surface area contributed by atoms with Crippen LogP contribution in [-0.2, 0) is 9.47 Å². The number of aromatic carboxylic acids is 1. The molecule has 2 aliphatic rings. The Bertz CT molecular complexity index is 958. The number of ether oxygens (including phenoxy) is 2. The smallest absolute Gasteiger partial charge is 0.335 e. The lowest BCUT2D eigenvalue weighted by molar-refractivity contribution is 0.0697. The summed E-state index contributed by atoms with van der Waals surface area (Å²) in [7, 11) is 0. The number of rotatable bonds is 4. The Balaban J connectivity index is 1.53. The van der Waals surface area contributed by atoms with Gasteiger partial charge in [0.1, 0.15) is 6.26 Å². The number of hydrogen-bond acceptors (Lipinski definition) is 3. The summed E-state index contributed by atoms with van der Waals surface area (Å²) in [5.41, 5.74) is 3.27. The van der Waals surface area contributed by atoms with Crippen LogP contribution in [-0.4, -0.2) is 15.6 Å². The second kappa shape index (κ2) is 6.80. The van der Waals surface area contributed by atoms with Crippen LogP contribution in [0.5, 0.6) is 0 Å². The highest BCUT2D eigenvalue weighted by Crippen LogP contribution is 2.29. The van der Waals surface area contributed by atoms with Crippen molar-refractivity contribution in [3.8, 4) is 11.1 Å². The summed E-state index contributed by atoms with van der Waals surface area (Å²) in [6, 6.07) is 8.72. The van der Waals surface area contributed by atoms with Crippen LogP contribution in [0.4, 0.5) is 0 Å². The minimum absolute atomic E-state index is 0.268. The minimum atomic E-state index is -0.932. The van der Waals surface area contributed by atoms with E-state index >= 15 is 0 Å². The van der Waals surface area contributed by atoms with Gasteiger partial charge in [-0.15, -0.1) is 0 Å². The van der Waals surface area contributed by atoms with E-state index in [2.05, 4.69) is 6.08 Å². The average molecular weight is 347 g/mol. The fraction of sp³-hybridized carbons (Fsp3) is 0.0952. The van der Waals surface area contributed by atoms with Gasteiger partial charge >= 0.3 is 5.97 Å². The number of carboxylic acid groups (broad SMARTS) is 1. The highest BCUT2D eigenvalue weighted by molar-refractivity contribution is 5.88. The van der Waals surface area contributed by atoms with Crippen LogP contribution in [0.15, 0.2) is 84.8 Å². The lowest BCUT2D eigenvalue weighted by Gasteiger charge is -2.19. The van der Waals surface area contributed by atoms with Crippen LogP contribution in [0.1, 0.15) is 23.2 Å². The molecule has 0 atom stereocenters. The van der Waals surface area contributed by atoms with E-state index in [1.807, 2.05) is 35.2 Å². The quantitative estimate of drug-likeness (QED) is 0.865. The monoisotopic (exact) mass is 347 g/mol. The van der Waals surface area contributed by atoms with Gasteiger partial charge in [0, 0.05) is 12.4 Å². The highest BCUT2D eigenvalue weighted by Gasteiger charge is 2.16. The van der Waals surface area contributed by atoms with E-state index in [1.54, 1.807) is 36.8 Å². The van der Waals surface area contributed by atoms with Crippen molar-refractivity contribution in [2.45, 2.75) is 12.8 Å². The van der Waals surface area contributed by atoms with Crippen molar-refractivity contribution in [1.29, 1.82) is 0 Å². The molecule has 2 aromatic rings. The second-order valence-corrected chi connectivity index (χ2v) is 6.03. The number of nitrogens with zero attached hydrogens (tertiary/aromatic N) is 1. The SMILES string of the molecule is O=C(O)c1ccc(-c2ccn(C3=COC=C(C4=CC=CCC4)O3)c2)cc1.